The average Bonchev–Trinajstić information content (AvgIpc) is 2.39. The molecule has 112 valence electrons. The van der Waals surface area contributed by atoms with Gasteiger partial charge < -0.3 is 15.0 Å². The van der Waals surface area contributed by atoms with Gasteiger partial charge in [-0.25, -0.2) is 0 Å². The largest absolute Gasteiger partial charge is 0.381 e. The van der Waals surface area contributed by atoms with E-state index in [9.17, 15) is 0 Å². The van der Waals surface area contributed by atoms with Crippen LogP contribution in [0.15, 0.2) is 0 Å². The Kier molecular flexibility index (Phi) is 5.67. The first-order valence-electron chi connectivity index (χ1n) is 8.09. The molecule has 19 heavy (non-hydrogen) atoms. The summed E-state index contributed by atoms with van der Waals surface area (Å²) in [5.41, 5.74) is 0.492. The molecule has 2 saturated heterocycles. The highest BCUT2D eigenvalue weighted by Crippen LogP contribution is 2.34. The second kappa shape index (κ2) is 7.05. The van der Waals surface area contributed by atoms with Gasteiger partial charge in [-0.05, 0) is 50.1 Å². The first kappa shape index (κ1) is 15.3. The fourth-order valence-electron chi connectivity index (χ4n) is 3.35. The number of ether oxygens (including phenoxy) is 1. The first-order valence-corrected chi connectivity index (χ1v) is 8.09. The number of nitrogens with one attached hydrogen (secondary N) is 1. The van der Waals surface area contributed by atoms with Crippen molar-refractivity contribution in [2.75, 3.05) is 39.4 Å². The van der Waals surface area contributed by atoms with Gasteiger partial charge in [0.1, 0.15) is 0 Å². The summed E-state index contributed by atoms with van der Waals surface area (Å²) in [7, 11) is 0. The van der Waals surface area contributed by atoms with E-state index in [2.05, 4.69) is 31.0 Å². The highest BCUT2D eigenvalue weighted by atomic mass is 16.5. The third-order valence-electron chi connectivity index (χ3n) is 4.89. The molecule has 0 amide bonds. The van der Waals surface area contributed by atoms with Gasteiger partial charge in [0.05, 0.1) is 0 Å². The average molecular weight is 268 g/mol. The van der Waals surface area contributed by atoms with Crippen LogP contribution in [0, 0.1) is 11.3 Å². The summed E-state index contributed by atoms with van der Waals surface area (Å²) in [6, 6.07) is 0.695. The summed E-state index contributed by atoms with van der Waals surface area (Å²) >= 11 is 0. The van der Waals surface area contributed by atoms with Gasteiger partial charge in [-0.1, -0.05) is 20.8 Å². The highest BCUT2D eigenvalue weighted by molar-refractivity contribution is 4.81. The fraction of sp³-hybridized carbons (Fsp3) is 1.00. The topological polar surface area (TPSA) is 24.5 Å². The normalized spacial score (nSPS) is 24.8. The van der Waals surface area contributed by atoms with E-state index in [0.29, 0.717) is 11.5 Å². The van der Waals surface area contributed by atoms with Crippen molar-refractivity contribution in [3.8, 4) is 0 Å². The van der Waals surface area contributed by atoms with Gasteiger partial charge in [-0.15, -0.1) is 0 Å². The summed E-state index contributed by atoms with van der Waals surface area (Å²) in [5, 5.41) is 3.69. The fourth-order valence-corrected chi connectivity index (χ4v) is 3.35. The van der Waals surface area contributed by atoms with Crippen LogP contribution in [0.5, 0.6) is 0 Å². The van der Waals surface area contributed by atoms with Crippen molar-refractivity contribution in [3.05, 3.63) is 0 Å². The molecule has 2 heterocycles. The predicted octanol–water partition coefficient (Wildman–Crippen LogP) is 2.51. The van der Waals surface area contributed by atoms with E-state index in [1.165, 1.54) is 45.3 Å². The zero-order valence-electron chi connectivity index (χ0n) is 13.1. The minimum atomic E-state index is 0.492. The van der Waals surface area contributed by atoms with Crippen LogP contribution in [0.2, 0.25) is 0 Å². The van der Waals surface area contributed by atoms with Crippen molar-refractivity contribution in [3.63, 3.8) is 0 Å². The smallest absolute Gasteiger partial charge is 0.0480 e. The molecule has 2 fully saturated rings. The number of hydrogen-bond acceptors (Lipinski definition) is 3. The zero-order valence-corrected chi connectivity index (χ0v) is 13.1. The third kappa shape index (κ3) is 5.05. The third-order valence-corrected chi connectivity index (χ3v) is 4.89. The lowest BCUT2D eigenvalue weighted by Gasteiger charge is -2.39. The molecule has 0 radical (unpaired) electrons. The minimum absolute atomic E-state index is 0.492. The maximum absolute atomic E-state index is 5.39. The molecular weight excluding hydrogens is 236 g/mol. The van der Waals surface area contributed by atoms with Crippen LogP contribution in [-0.4, -0.2) is 50.3 Å². The van der Waals surface area contributed by atoms with Crippen molar-refractivity contribution in [1.82, 2.24) is 10.2 Å². The Hall–Kier alpha value is -0.120. The summed E-state index contributed by atoms with van der Waals surface area (Å²) in [6.07, 6.45) is 5.12. The molecule has 3 heteroatoms. The lowest BCUT2D eigenvalue weighted by molar-refractivity contribution is 0.0752. The van der Waals surface area contributed by atoms with Crippen LogP contribution >= 0.6 is 0 Å². The van der Waals surface area contributed by atoms with Gasteiger partial charge >= 0.3 is 0 Å². The SMILES string of the molecule is CC(C)(C)C1CCN(CCNC2CCOCC2)CC1. The van der Waals surface area contributed by atoms with Crippen molar-refractivity contribution in [1.29, 1.82) is 0 Å². The molecule has 2 aliphatic rings. The van der Waals surface area contributed by atoms with Crippen molar-refractivity contribution >= 4 is 0 Å². The maximum atomic E-state index is 5.39. The Morgan fingerprint density at radius 3 is 2.26 bits per heavy atom. The number of rotatable bonds is 4. The molecule has 2 rings (SSSR count). The second-order valence-corrected chi connectivity index (χ2v) is 7.32. The number of nitrogens with zero attached hydrogens (tertiary/aromatic N) is 1. The summed E-state index contributed by atoms with van der Waals surface area (Å²) < 4.78 is 5.39. The van der Waals surface area contributed by atoms with E-state index < -0.39 is 0 Å². The van der Waals surface area contributed by atoms with Gasteiger partial charge in [0, 0.05) is 32.3 Å². The van der Waals surface area contributed by atoms with Crippen molar-refractivity contribution in [2.24, 2.45) is 11.3 Å². The van der Waals surface area contributed by atoms with Crippen LogP contribution in [0.3, 0.4) is 0 Å². The van der Waals surface area contributed by atoms with Crippen LogP contribution in [-0.2, 0) is 4.74 Å². The molecule has 0 aromatic rings. The van der Waals surface area contributed by atoms with E-state index in [1.807, 2.05) is 0 Å². The van der Waals surface area contributed by atoms with Gasteiger partial charge in [-0.3, -0.25) is 0 Å². The van der Waals surface area contributed by atoms with Crippen LogP contribution < -0.4 is 5.32 Å². The Labute approximate surface area is 119 Å². The molecule has 0 bridgehead atoms. The van der Waals surface area contributed by atoms with Crippen LogP contribution in [0.25, 0.3) is 0 Å². The van der Waals surface area contributed by atoms with E-state index in [-0.39, 0.29) is 0 Å². The molecule has 1 N–H and O–H groups in total. The van der Waals surface area contributed by atoms with E-state index in [4.69, 9.17) is 4.74 Å². The monoisotopic (exact) mass is 268 g/mol. The molecule has 0 atom stereocenters. The number of piperidine rings is 1. The second-order valence-electron chi connectivity index (χ2n) is 7.32. The lowest BCUT2D eigenvalue weighted by atomic mass is 9.75. The lowest BCUT2D eigenvalue weighted by Crippen LogP contribution is -2.43. The van der Waals surface area contributed by atoms with Crippen LogP contribution in [0.4, 0.5) is 0 Å². The minimum Gasteiger partial charge on any atom is -0.381 e. The van der Waals surface area contributed by atoms with E-state index in [0.717, 1.165) is 25.7 Å². The molecule has 2 aliphatic heterocycles. The van der Waals surface area contributed by atoms with Gasteiger partial charge in [0.25, 0.3) is 0 Å². The molecule has 0 aromatic heterocycles. The van der Waals surface area contributed by atoms with Crippen molar-refractivity contribution < 1.29 is 4.74 Å². The highest BCUT2D eigenvalue weighted by Gasteiger charge is 2.28. The van der Waals surface area contributed by atoms with Gasteiger partial charge in [0.15, 0.2) is 0 Å². The van der Waals surface area contributed by atoms with Gasteiger partial charge in [0.2, 0.25) is 0 Å². The molecule has 0 aliphatic carbocycles. The quantitative estimate of drug-likeness (QED) is 0.848. The Morgan fingerprint density at radius 1 is 1.05 bits per heavy atom. The molecule has 0 saturated carbocycles. The molecular formula is C16H32N2O. The maximum Gasteiger partial charge on any atom is 0.0480 e. The Balaban J connectivity index is 1.58. The standard InChI is InChI=1S/C16H32N2O/c1-16(2,3)14-4-9-18(10-5-14)11-8-17-15-6-12-19-13-7-15/h14-15,17H,4-13H2,1-3H3. The molecule has 0 aromatic carbocycles. The van der Waals surface area contributed by atoms with Gasteiger partial charge in [-0.2, -0.15) is 0 Å². The predicted molar refractivity (Wildman–Crippen MR) is 80.5 cm³/mol. The molecule has 0 unspecified atom stereocenters. The molecule has 3 nitrogen and oxygen atoms in total. The summed E-state index contributed by atoms with van der Waals surface area (Å²) in [6.45, 7) is 14.0. The van der Waals surface area contributed by atoms with E-state index >= 15 is 0 Å². The number of hydrogen-bond donors (Lipinski definition) is 1. The van der Waals surface area contributed by atoms with E-state index in [1.54, 1.807) is 0 Å². The van der Waals surface area contributed by atoms with Crippen molar-refractivity contribution in [2.45, 2.75) is 52.5 Å². The van der Waals surface area contributed by atoms with Crippen LogP contribution in [0.1, 0.15) is 46.5 Å². The zero-order chi connectivity index (χ0) is 13.7. The summed E-state index contributed by atoms with van der Waals surface area (Å²) in [5.74, 6) is 0.909. The first-order chi connectivity index (χ1) is 9.05. The summed E-state index contributed by atoms with van der Waals surface area (Å²) in [4.78, 5) is 2.63. The Bertz CT molecular complexity index is 248. The number of likely N-dealkylation sites (tertiary alicyclic amines) is 1. The Morgan fingerprint density at radius 2 is 1.68 bits per heavy atom. The molecule has 0 spiro atoms.